The number of nitrogens with zero attached hydrogens (tertiary/aromatic N) is 3. The van der Waals surface area contributed by atoms with Crippen molar-refractivity contribution in [2.24, 2.45) is 5.10 Å². The Balaban J connectivity index is 1.15. The molecule has 9 nitrogen and oxygen atoms in total. The van der Waals surface area contributed by atoms with E-state index in [2.05, 4.69) is 63.2 Å². The van der Waals surface area contributed by atoms with Crippen molar-refractivity contribution in [3.8, 4) is 0 Å². The average Bonchev–Trinajstić information content (AvgIpc) is 3.49. The molecule has 3 N–H and O–H groups in total. The molecule has 1 saturated heterocycles. The van der Waals surface area contributed by atoms with E-state index in [0.29, 0.717) is 17.9 Å². The van der Waals surface area contributed by atoms with Crippen molar-refractivity contribution in [1.29, 1.82) is 0 Å². The minimum absolute atomic E-state index is 0.00130. The molecule has 3 unspecified atom stereocenters. The number of hydrazone groups is 1. The first-order valence-corrected chi connectivity index (χ1v) is 13.0. The van der Waals surface area contributed by atoms with Gasteiger partial charge in [-0.25, -0.2) is 10.2 Å². The van der Waals surface area contributed by atoms with Gasteiger partial charge in [0.2, 0.25) is 5.91 Å². The van der Waals surface area contributed by atoms with Gasteiger partial charge in [-0.2, -0.15) is 5.10 Å². The third-order valence-corrected chi connectivity index (χ3v) is 7.49. The highest BCUT2D eigenvalue weighted by molar-refractivity contribution is 8.14. The maximum absolute atomic E-state index is 12.5. The molecule has 3 aliphatic rings. The summed E-state index contributed by atoms with van der Waals surface area (Å²) in [4.78, 5) is 26.4. The fraction of sp³-hybridized carbons (Fsp3) is 0.346. The molecule has 0 bridgehead atoms. The Morgan fingerprint density at radius 3 is 2.75 bits per heavy atom. The van der Waals surface area contributed by atoms with Gasteiger partial charge in [-0.1, -0.05) is 35.5 Å². The molecule has 0 saturated carbocycles. The number of amidine groups is 1. The number of carbonyl (C=O) groups is 2. The van der Waals surface area contributed by atoms with Crippen molar-refractivity contribution in [2.45, 2.75) is 45.4 Å². The molecule has 2 aromatic rings. The highest BCUT2D eigenvalue weighted by Crippen LogP contribution is 2.36. The van der Waals surface area contributed by atoms with Crippen LogP contribution < -0.4 is 16.2 Å². The lowest BCUT2D eigenvalue weighted by molar-refractivity contribution is -0.113. The molecule has 188 valence electrons. The number of aryl methyl sites for hydroxylation is 2. The van der Waals surface area contributed by atoms with Crippen molar-refractivity contribution in [2.75, 3.05) is 17.7 Å². The Morgan fingerprint density at radius 1 is 1.17 bits per heavy atom. The van der Waals surface area contributed by atoms with E-state index in [1.165, 1.54) is 28.5 Å². The van der Waals surface area contributed by atoms with Crippen LogP contribution in [0.1, 0.15) is 46.4 Å². The summed E-state index contributed by atoms with van der Waals surface area (Å²) < 4.78 is 4.99. The second kappa shape index (κ2) is 10.2. The largest absolute Gasteiger partial charge is 0.462 e. The molecule has 10 heteroatoms. The van der Waals surface area contributed by atoms with Crippen LogP contribution in [0.2, 0.25) is 0 Å². The molecule has 5 rings (SSSR count). The number of anilines is 1. The highest BCUT2D eigenvalue weighted by atomic mass is 32.2. The monoisotopic (exact) mass is 506 g/mol. The second-order valence-electron chi connectivity index (χ2n) is 9.06. The van der Waals surface area contributed by atoms with Gasteiger partial charge < -0.3 is 20.0 Å². The lowest BCUT2D eigenvalue weighted by Gasteiger charge is -2.36. The van der Waals surface area contributed by atoms with Crippen LogP contribution in [0.3, 0.4) is 0 Å². The highest BCUT2D eigenvalue weighted by Gasteiger charge is 2.44. The number of thioether (sulfide) groups is 1. The molecule has 0 aliphatic carbocycles. The third-order valence-electron chi connectivity index (χ3n) is 6.53. The zero-order valence-corrected chi connectivity index (χ0v) is 21.3. The fourth-order valence-electron chi connectivity index (χ4n) is 4.72. The van der Waals surface area contributed by atoms with E-state index in [0.717, 1.165) is 11.6 Å². The minimum Gasteiger partial charge on any atom is -0.462 e. The topological polar surface area (TPSA) is 98.3 Å². The van der Waals surface area contributed by atoms with E-state index in [1.807, 2.05) is 12.4 Å². The van der Waals surface area contributed by atoms with Crippen molar-refractivity contribution >= 4 is 34.5 Å². The van der Waals surface area contributed by atoms with Crippen LogP contribution in [0.25, 0.3) is 0 Å². The van der Waals surface area contributed by atoms with Crippen LogP contribution >= 0.6 is 11.8 Å². The van der Waals surface area contributed by atoms with Crippen LogP contribution in [0, 0.1) is 13.8 Å². The molecule has 3 aliphatic heterocycles. The number of carbonyl (C=O) groups excluding carboxylic acids is 2. The van der Waals surface area contributed by atoms with Gasteiger partial charge in [0, 0.05) is 18.1 Å². The van der Waals surface area contributed by atoms with Crippen LogP contribution in [0.5, 0.6) is 0 Å². The van der Waals surface area contributed by atoms with E-state index in [9.17, 15) is 9.59 Å². The van der Waals surface area contributed by atoms with Gasteiger partial charge in [-0.3, -0.25) is 10.2 Å². The quantitative estimate of drug-likeness (QED) is 0.513. The van der Waals surface area contributed by atoms with Crippen LogP contribution in [-0.2, 0) is 9.53 Å². The number of benzene rings is 2. The Hall–Kier alpha value is -3.50. The zero-order valence-electron chi connectivity index (χ0n) is 20.5. The van der Waals surface area contributed by atoms with Gasteiger partial charge in [-0.05, 0) is 62.6 Å². The number of amides is 1. The number of nitrogens with one attached hydrogen (secondary N) is 3. The molecule has 0 aromatic heterocycles. The molecule has 0 radical (unpaired) electrons. The zero-order chi connectivity index (χ0) is 25.2. The first kappa shape index (κ1) is 24.2. The normalized spacial score (nSPS) is 22.0. The lowest BCUT2D eigenvalue weighted by atomic mass is 9.95. The first-order valence-electron chi connectivity index (χ1n) is 12.0. The fourth-order valence-corrected chi connectivity index (χ4v) is 5.49. The molecule has 0 spiro atoms. The summed E-state index contributed by atoms with van der Waals surface area (Å²) in [6, 6.07) is 13.7. The number of ether oxygens (including phenoxy) is 1. The SMILES string of the molecule is CCOC(=O)c1ccc(NC(=O)CSC2=NNC3C4CC(c5cc(C)ccc5C)NN4C=CN23)cc1. The Bertz CT molecular complexity index is 1210. The number of hydrogen-bond acceptors (Lipinski definition) is 9. The van der Waals surface area contributed by atoms with E-state index >= 15 is 0 Å². The number of rotatable bonds is 6. The summed E-state index contributed by atoms with van der Waals surface area (Å²) in [5.74, 6) is -0.303. The Morgan fingerprint density at radius 2 is 1.97 bits per heavy atom. The van der Waals surface area contributed by atoms with E-state index in [4.69, 9.17) is 4.74 Å². The van der Waals surface area contributed by atoms with Crippen molar-refractivity contribution in [3.05, 3.63) is 77.1 Å². The van der Waals surface area contributed by atoms with E-state index in [1.54, 1.807) is 31.2 Å². The van der Waals surface area contributed by atoms with Crippen molar-refractivity contribution in [3.63, 3.8) is 0 Å². The van der Waals surface area contributed by atoms with Crippen LogP contribution in [-0.4, -0.2) is 51.5 Å². The third kappa shape index (κ3) is 4.91. The van der Waals surface area contributed by atoms with Crippen LogP contribution in [0.4, 0.5) is 5.69 Å². The standard InChI is InChI=1S/C26H30N6O3S/c1-4-35-25(34)18-7-9-19(10-8-18)27-23(33)15-36-26-29-28-24-22-14-21(30-32(22)12-11-31(24)26)20-13-16(2)5-6-17(20)3/h5-13,21-22,24,28,30H,4,14-15H2,1-3H3,(H,27,33). The molecular formula is C26H30N6O3S. The Labute approximate surface area is 214 Å². The van der Waals surface area contributed by atoms with Crippen molar-refractivity contribution in [1.82, 2.24) is 20.8 Å². The maximum atomic E-state index is 12.5. The number of hydrogen-bond donors (Lipinski definition) is 3. The molecule has 2 aromatic carbocycles. The predicted molar refractivity (Wildman–Crippen MR) is 141 cm³/mol. The summed E-state index contributed by atoms with van der Waals surface area (Å²) in [6.07, 6.45) is 4.98. The number of hydrazine groups is 1. The predicted octanol–water partition coefficient (Wildman–Crippen LogP) is 3.46. The van der Waals surface area contributed by atoms with Crippen molar-refractivity contribution < 1.29 is 14.3 Å². The molecule has 3 atom stereocenters. The van der Waals surface area contributed by atoms with Gasteiger partial charge in [0.05, 0.1) is 30.0 Å². The average molecular weight is 507 g/mol. The summed E-state index contributed by atoms with van der Waals surface area (Å²) in [5, 5.41) is 10.3. The summed E-state index contributed by atoms with van der Waals surface area (Å²) >= 11 is 1.38. The minimum atomic E-state index is -0.377. The van der Waals surface area contributed by atoms with Gasteiger partial charge in [0.15, 0.2) is 5.17 Å². The summed E-state index contributed by atoms with van der Waals surface area (Å²) in [6.45, 7) is 6.36. The first-order chi connectivity index (χ1) is 17.4. The summed E-state index contributed by atoms with van der Waals surface area (Å²) in [7, 11) is 0. The second-order valence-corrected chi connectivity index (χ2v) is 10.0. The van der Waals surface area contributed by atoms with E-state index in [-0.39, 0.29) is 35.9 Å². The number of fused-ring (bicyclic) bond motifs is 3. The van der Waals surface area contributed by atoms with Gasteiger partial charge in [0.1, 0.15) is 6.17 Å². The van der Waals surface area contributed by atoms with Crippen LogP contribution in [0.15, 0.2) is 60.0 Å². The molecule has 1 amide bonds. The molecular weight excluding hydrogens is 476 g/mol. The molecule has 1 fully saturated rings. The smallest absolute Gasteiger partial charge is 0.338 e. The molecule has 3 heterocycles. The number of esters is 1. The van der Waals surface area contributed by atoms with Gasteiger partial charge >= 0.3 is 5.97 Å². The lowest BCUT2D eigenvalue weighted by Crippen LogP contribution is -2.54. The van der Waals surface area contributed by atoms with E-state index < -0.39 is 0 Å². The molecule has 36 heavy (non-hydrogen) atoms. The summed E-state index contributed by atoms with van der Waals surface area (Å²) in [5.41, 5.74) is 11.8. The van der Waals surface area contributed by atoms with Gasteiger partial charge in [-0.15, -0.1) is 0 Å². The maximum Gasteiger partial charge on any atom is 0.338 e. The Kier molecular flexibility index (Phi) is 6.88. The van der Waals surface area contributed by atoms with Gasteiger partial charge in [0.25, 0.3) is 0 Å².